The highest BCUT2D eigenvalue weighted by atomic mass is 16.6. The highest BCUT2D eigenvalue weighted by Crippen LogP contribution is 2.33. The predicted octanol–water partition coefficient (Wildman–Crippen LogP) is 15.9. The zero-order valence-electron chi connectivity index (χ0n) is 45.3. The Hall–Kier alpha value is -3.44. The van der Waals surface area contributed by atoms with Crippen molar-refractivity contribution in [2.45, 2.75) is 258 Å². The molecule has 0 aliphatic carbocycles. The highest BCUT2D eigenvalue weighted by molar-refractivity contribution is 5.69. The number of carbonyl (C=O) groups excluding carboxylic acids is 4. The summed E-state index contributed by atoms with van der Waals surface area (Å²) < 4.78 is 31.4. The molecule has 2 unspecified atom stereocenters. The summed E-state index contributed by atoms with van der Waals surface area (Å²) in [5.41, 5.74) is 0. The van der Waals surface area contributed by atoms with E-state index in [4.69, 9.17) is 28.4 Å². The van der Waals surface area contributed by atoms with Crippen LogP contribution in [-0.2, 0) is 38.0 Å². The average molecular weight is 994 g/mol. The number of ether oxygens (including phenoxy) is 6. The van der Waals surface area contributed by atoms with Gasteiger partial charge in [0.1, 0.15) is 0 Å². The third-order valence-corrected chi connectivity index (χ3v) is 13.2. The van der Waals surface area contributed by atoms with E-state index in [0.717, 1.165) is 115 Å². The minimum absolute atomic E-state index is 0.0755. The lowest BCUT2D eigenvalue weighted by atomic mass is 9.78. The molecule has 0 radical (unpaired) electrons. The fourth-order valence-corrected chi connectivity index (χ4v) is 8.90. The van der Waals surface area contributed by atoms with Gasteiger partial charge in [0.15, 0.2) is 0 Å². The Morgan fingerprint density at radius 1 is 0.357 bits per heavy atom. The molecule has 0 bridgehead atoms. The van der Waals surface area contributed by atoms with Gasteiger partial charge in [-0.1, -0.05) is 188 Å². The fourth-order valence-electron chi connectivity index (χ4n) is 8.90. The van der Waals surface area contributed by atoms with Crippen molar-refractivity contribution in [2.24, 2.45) is 11.8 Å². The van der Waals surface area contributed by atoms with Crippen molar-refractivity contribution in [3.05, 3.63) is 25.7 Å². The van der Waals surface area contributed by atoms with E-state index in [-0.39, 0.29) is 18.0 Å². The van der Waals surface area contributed by atoms with E-state index in [0.29, 0.717) is 65.6 Å². The van der Waals surface area contributed by atoms with Crippen molar-refractivity contribution >= 4 is 24.1 Å². The van der Waals surface area contributed by atoms with Crippen molar-refractivity contribution in [3.63, 3.8) is 0 Å². The van der Waals surface area contributed by atoms with Crippen LogP contribution in [0.1, 0.15) is 258 Å². The van der Waals surface area contributed by atoms with Gasteiger partial charge in [0.05, 0.1) is 52.2 Å². The van der Waals surface area contributed by atoms with Gasteiger partial charge in [-0.15, -0.1) is 0 Å². The number of rotatable bonds is 55. The monoisotopic (exact) mass is 993 g/mol. The van der Waals surface area contributed by atoms with Crippen LogP contribution < -0.4 is 10.6 Å². The maximum atomic E-state index is 12.2. The summed E-state index contributed by atoms with van der Waals surface area (Å²) in [6.07, 6.45) is 44.2. The number of hydrogen-bond donors (Lipinski definition) is 2. The Bertz CT molecular complexity index is 1110. The predicted molar refractivity (Wildman–Crippen MR) is 287 cm³/mol. The summed E-state index contributed by atoms with van der Waals surface area (Å²) in [6, 6.07) is 0. The summed E-state index contributed by atoms with van der Waals surface area (Å²) in [7, 11) is 0. The molecule has 0 heterocycles. The number of hydrogen-bond acceptors (Lipinski definition) is 10. The molecule has 0 spiro atoms. The van der Waals surface area contributed by atoms with Gasteiger partial charge in [-0.3, -0.25) is 9.59 Å². The zero-order chi connectivity index (χ0) is 51.1. The summed E-state index contributed by atoms with van der Waals surface area (Å²) in [5.74, 6) is 1.54. The highest BCUT2D eigenvalue weighted by Gasteiger charge is 2.20. The molecule has 0 aliphatic heterocycles. The van der Waals surface area contributed by atoms with E-state index in [1.165, 1.54) is 141 Å². The standard InChI is InChI=1S/C58H108N2O10/c1-5-9-25-39-53(41-27-18-13-11-15-22-33-49-67-55(61)43-29-20-17-21-30-44-56(62)68-50-37-35-47-65-7-3)54(40-26-10-6-2)42-28-19-14-12-16-23-34-51-69-57(63)59-45-31-24-32-46-60-58(64)70-52-38-36-48-66-8-4/h7-8,53-54H,3-6,9-52H2,1-2H3,(H,59,63)(H,60,64). The lowest BCUT2D eigenvalue weighted by Crippen LogP contribution is -2.27. The molecule has 0 aromatic rings. The molecule has 2 amide bonds. The largest absolute Gasteiger partial charge is 0.502 e. The molecule has 0 saturated carbocycles. The van der Waals surface area contributed by atoms with E-state index in [9.17, 15) is 19.2 Å². The Balaban J connectivity index is 4.03. The first-order valence-corrected chi connectivity index (χ1v) is 28.9. The lowest BCUT2D eigenvalue weighted by molar-refractivity contribution is -0.144. The van der Waals surface area contributed by atoms with Gasteiger partial charge >= 0.3 is 24.1 Å². The number of esters is 2. The number of unbranched alkanes of at least 4 members (excludes halogenated alkanes) is 24. The zero-order valence-corrected chi connectivity index (χ0v) is 45.3. The molecule has 0 rings (SSSR count). The van der Waals surface area contributed by atoms with Crippen LogP contribution >= 0.6 is 0 Å². The van der Waals surface area contributed by atoms with E-state index in [1.54, 1.807) is 0 Å². The first kappa shape index (κ1) is 66.6. The molecule has 0 aromatic heterocycles. The minimum atomic E-state index is -0.392. The molecule has 12 nitrogen and oxygen atoms in total. The van der Waals surface area contributed by atoms with E-state index in [1.807, 2.05) is 0 Å². The molecule has 12 heteroatoms. The van der Waals surface area contributed by atoms with Gasteiger partial charge in [0, 0.05) is 25.9 Å². The SMILES string of the molecule is C=COCCCCOC(=O)CCCCCCCC(=O)OCCCCCCCCCC(CCCCC)C(CCCCC)CCCCCCCCCOC(=O)NCCCCCNC(=O)OCCCCOC=C. The van der Waals surface area contributed by atoms with Gasteiger partial charge in [-0.05, 0) is 82.5 Å². The minimum Gasteiger partial charge on any atom is -0.502 e. The molecular formula is C58H108N2O10. The summed E-state index contributed by atoms with van der Waals surface area (Å²) in [5, 5.41) is 5.60. The van der Waals surface area contributed by atoms with Crippen LogP contribution in [0.25, 0.3) is 0 Å². The van der Waals surface area contributed by atoms with E-state index < -0.39 is 6.09 Å². The van der Waals surface area contributed by atoms with Gasteiger partial charge in [0.25, 0.3) is 0 Å². The van der Waals surface area contributed by atoms with E-state index in [2.05, 4.69) is 37.6 Å². The molecule has 2 atom stereocenters. The fraction of sp³-hybridized carbons (Fsp3) is 0.862. The number of amides is 2. The Kier molecular flexibility index (Phi) is 52.2. The summed E-state index contributed by atoms with van der Waals surface area (Å²) in [6.45, 7) is 15.8. The van der Waals surface area contributed by atoms with Crippen LogP contribution in [0.3, 0.4) is 0 Å². The normalized spacial score (nSPS) is 11.9. The number of alkyl carbamates (subject to hydrolysis) is 2. The second kappa shape index (κ2) is 54.9. The van der Waals surface area contributed by atoms with Gasteiger partial charge in [0.2, 0.25) is 0 Å². The lowest BCUT2D eigenvalue weighted by Gasteiger charge is -2.28. The molecule has 2 N–H and O–H groups in total. The van der Waals surface area contributed by atoms with Crippen molar-refractivity contribution < 1.29 is 47.6 Å². The third-order valence-electron chi connectivity index (χ3n) is 13.2. The summed E-state index contributed by atoms with van der Waals surface area (Å²) >= 11 is 0. The average Bonchev–Trinajstić information content (AvgIpc) is 3.35. The quantitative estimate of drug-likeness (QED) is 0.0261. The maximum Gasteiger partial charge on any atom is 0.407 e. The molecule has 0 aliphatic rings. The van der Waals surface area contributed by atoms with Crippen LogP contribution in [0.15, 0.2) is 25.7 Å². The Morgan fingerprint density at radius 3 is 1.01 bits per heavy atom. The van der Waals surface area contributed by atoms with Gasteiger partial charge < -0.3 is 39.1 Å². The van der Waals surface area contributed by atoms with Crippen LogP contribution in [-0.4, -0.2) is 76.9 Å². The van der Waals surface area contributed by atoms with Crippen LogP contribution in [0.2, 0.25) is 0 Å². The van der Waals surface area contributed by atoms with Gasteiger partial charge in [-0.2, -0.15) is 0 Å². The maximum absolute atomic E-state index is 12.2. The second-order valence-corrected chi connectivity index (χ2v) is 19.4. The molecule has 0 saturated heterocycles. The molecule has 410 valence electrons. The first-order chi connectivity index (χ1) is 34.4. The van der Waals surface area contributed by atoms with Crippen LogP contribution in [0.5, 0.6) is 0 Å². The number of nitrogens with one attached hydrogen (secondary N) is 2. The number of carbonyl (C=O) groups is 4. The molecule has 0 aromatic carbocycles. The molecule has 0 fully saturated rings. The van der Waals surface area contributed by atoms with Crippen molar-refractivity contribution in [3.8, 4) is 0 Å². The first-order valence-electron chi connectivity index (χ1n) is 28.9. The van der Waals surface area contributed by atoms with Crippen LogP contribution in [0, 0.1) is 11.8 Å². The van der Waals surface area contributed by atoms with Crippen LogP contribution in [0.4, 0.5) is 9.59 Å². The van der Waals surface area contributed by atoms with E-state index >= 15 is 0 Å². The molecule has 70 heavy (non-hydrogen) atoms. The Labute approximate surface area is 429 Å². The smallest absolute Gasteiger partial charge is 0.407 e. The molecular weight excluding hydrogens is 885 g/mol. The van der Waals surface area contributed by atoms with Gasteiger partial charge in [-0.25, -0.2) is 9.59 Å². The Morgan fingerprint density at radius 2 is 0.643 bits per heavy atom. The summed E-state index contributed by atoms with van der Waals surface area (Å²) in [4.78, 5) is 47.8. The van der Waals surface area contributed by atoms with Crippen molar-refractivity contribution in [1.29, 1.82) is 0 Å². The third kappa shape index (κ3) is 49.5. The topological polar surface area (TPSA) is 148 Å². The second-order valence-electron chi connectivity index (χ2n) is 19.4. The van der Waals surface area contributed by atoms with Crippen molar-refractivity contribution in [1.82, 2.24) is 10.6 Å². The van der Waals surface area contributed by atoms with Crippen molar-refractivity contribution in [2.75, 3.05) is 52.7 Å².